The van der Waals surface area contributed by atoms with Gasteiger partial charge in [0.05, 0.1) is 5.69 Å². The molecule has 5 heteroatoms. The van der Waals surface area contributed by atoms with Crippen molar-refractivity contribution < 1.29 is 14.7 Å². The number of nitrogens with one attached hydrogen (secondary N) is 2. The number of aliphatic hydroxyl groups excluding tert-OH is 1. The predicted molar refractivity (Wildman–Crippen MR) is 71.1 cm³/mol. The van der Waals surface area contributed by atoms with Gasteiger partial charge in [0.1, 0.15) is 5.69 Å². The summed E-state index contributed by atoms with van der Waals surface area (Å²) in [7, 11) is 0. The summed E-state index contributed by atoms with van der Waals surface area (Å²) >= 11 is 0. The molecule has 1 aromatic heterocycles. The van der Waals surface area contributed by atoms with Gasteiger partial charge in [-0.3, -0.25) is 9.59 Å². The number of aromatic nitrogens is 1. The summed E-state index contributed by atoms with van der Waals surface area (Å²) in [6.45, 7) is 0.106. The highest BCUT2D eigenvalue weighted by molar-refractivity contribution is 5.93. The molecule has 0 spiro atoms. The Morgan fingerprint density at radius 1 is 1.37 bits per heavy atom. The molecule has 1 aliphatic carbocycles. The minimum absolute atomic E-state index is 0.0166. The van der Waals surface area contributed by atoms with Crippen LogP contribution >= 0.6 is 0 Å². The van der Waals surface area contributed by atoms with Crippen LogP contribution in [-0.4, -0.2) is 34.9 Å². The van der Waals surface area contributed by atoms with E-state index in [1.807, 2.05) is 0 Å². The highest BCUT2D eigenvalue weighted by atomic mass is 16.3. The molecule has 2 atom stereocenters. The number of carbonyl (C=O) groups is 2. The first kappa shape index (κ1) is 13.8. The van der Waals surface area contributed by atoms with Crippen LogP contribution in [0.1, 0.15) is 53.1 Å². The molecule has 0 radical (unpaired) electrons. The van der Waals surface area contributed by atoms with Crippen LogP contribution in [0.2, 0.25) is 0 Å². The van der Waals surface area contributed by atoms with E-state index in [1.54, 1.807) is 12.1 Å². The Bertz CT molecular complexity index is 442. The molecule has 1 heterocycles. The molecule has 3 N–H and O–H groups in total. The Morgan fingerprint density at radius 3 is 2.84 bits per heavy atom. The Hall–Kier alpha value is -1.62. The standard InChI is InChI=1S/C14H20N2O3/c17-8-10-4-2-1-3-5-12(10)16-14(19)13-7-6-11(9-18)15-13/h6-7,9-10,12,15,17H,1-5,8H2,(H,16,19). The lowest BCUT2D eigenvalue weighted by atomic mass is 9.95. The van der Waals surface area contributed by atoms with E-state index in [-0.39, 0.29) is 24.5 Å². The van der Waals surface area contributed by atoms with E-state index in [0.717, 1.165) is 32.1 Å². The zero-order valence-corrected chi connectivity index (χ0v) is 10.9. The van der Waals surface area contributed by atoms with E-state index in [9.17, 15) is 14.7 Å². The number of rotatable bonds is 4. The molecule has 1 aromatic rings. The molecule has 0 aliphatic heterocycles. The second kappa shape index (κ2) is 6.52. The number of aromatic amines is 1. The SMILES string of the molecule is O=Cc1ccc(C(=O)NC2CCCCCC2CO)[nH]1. The summed E-state index contributed by atoms with van der Waals surface area (Å²) in [5.41, 5.74) is 0.785. The van der Waals surface area contributed by atoms with Crippen molar-refractivity contribution >= 4 is 12.2 Å². The van der Waals surface area contributed by atoms with Crippen LogP contribution in [0.15, 0.2) is 12.1 Å². The molecule has 1 fully saturated rings. The van der Waals surface area contributed by atoms with Crippen molar-refractivity contribution in [1.29, 1.82) is 0 Å². The van der Waals surface area contributed by atoms with Gasteiger partial charge in [-0.1, -0.05) is 19.3 Å². The summed E-state index contributed by atoms with van der Waals surface area (Å²) in [6.07, 6.45) is 5.87. The lowest BCUT2D eigenvalue weighted by Gasteiger charge is -2.24. The summed E-state index contributed by atoms with van der Waals surface area (Å²) in [6, 6.07) is 3.20. The Morgan fingerprint density at radius 2 is 2.16 bits per heavy atom. The van der Waals surface area contributed by atoms with Gasteiger partial charge in [0.15, 0.2) is 6.29 Å². The van der Waals surface area contributed by atoms with Crippen molar-refractivity contribution in [3.05, 3.63) is 23.5 Å². The van der Waals surface area contributed by atoms with Gasteiger partial charge in [0, 0.05) is 18.6 Å². The van der Waals surface area contributed by atoms with E-state index >= 15 is 0 Å². The molecule has 104 valence electrons. The lowest BCUT2D eigenvalue weighted by molar-refractivity contribution is 0.0895. The Balaban J connectivity index is 2.01. The number of aliphatic hydroxyl groups is 1. The molecular formula is C14H20N2O3. The zero-order valence-electron chi connectivity index (χ0n) is 10.9. The van der Waals surface area contributed by atoms with Crippen molar-refractivity contribution in [2.24, 2.45) is 5.92 Å². The number of amides is 1. The largest absolute Gasteiger partial charge is 0.396 e. The van der Waals surface area contributed by atoms with Gasteiger partial charge in [0.2, 0.25) is 0 Å². The summed E-state index contributed by atoms with van der Waals surface area (Å²) < 4.78 is 0. The van der Waals surface area contributed by atoms with Crippen LogP contribution in [0.4, 0.5) is 0 Å². The first-order chi connectivity index (χ1) is 9.24. The molecule has 0 aromatic carbocycles. The van der Waals surface area contributed by atoms with Crippen LogP contribution in [0.25, 0.3) is 0 Å². The molecule has 2 unspecified atom stereocenters. The number of hydrogen-bond donors (Lipinski definition) is 3. The van der Waals surface area contributed by atoms with Crippen LogP contribution in [-0.2, 0) is 0 Å². The lowest BCUT2D eigenvalue weighted by Crippen LogP contribution is -2.41. The fourth-order valence-corrected chi connectivity index (χ4v) is 2.65. The maximum Gasteiger partial charge on any atom is 0.267 e. The average molecular weight is 264 g/mol. The van der Waals surface area contributed by atoms with Crippen LogP contribution in [0, 0.1) is 5.92 Å². The summed E-state index contributed by atoms with van der Waals surface area (Å²) in [4.78, 5) is 25.4. The van der Waals surface area contributed by atoms with Gasteiger partial charge >= 0.3 is 0 Å². The van der Waals surface area contributed by atoms with Crippen LogP contribution in [0.5, 0.6) is 0 Å². The van der Waals surface area contributed by atoms with E-state index in [2.05, 4.69) is 10.3 Å². The monoisotopic (exact) mass is 264 g/mol. The van der Waals surface area contributed by atoms with Gasteiger partial charge < -0.3 is 15.4 Å². The smallest absolute Gasteiger partial charge is 0.267 e. The van der Waals surface area contributed by atoms with E-state index in [0.29, 0.717) is 17.7 Å². The number of aldehydes is 1. The summed E-state index contributed by atoms with van der Waals surface area (Å²) in [5.74, 6) is -0.0783. The maximum atomic E-state index is 12.1. The number of H-pyrrole nitrogens is 1. The highest BCUT2D eigenvalue weighted by Crippen LogP contribution is 2.23. The van der Waals surface area contributed by atoms with Crippen LogP contribution in [0.3, 0.4) is 0 Å². The quantitative estimate of drug-likeness (QED) is 0.569. The van der Waals surface area contributed by atoms with Crippen molar-refractivity contribution in [2.75, 3.05) is 6.61 Å². The van der Waals surface area contributed by atoms with E-state index < -0.39 is 0 Å². The van der Waals surface area contributed by atoms with Gasteiger partial charge in [-0.15, -0.1) is 0 Å². The minimum atomic E-state index is -0.210. The molecule has 2 rings (SSSR count). The third-order valence-electron chi connectivity index (χ3n) is 3.79. The molecule has 1 aliphatic rings. The fourth-order valence-electron chi connectivity index (χ4n) is 2.65. The number of carbonyl (C=O) groups excluding carboxylic acids is 2. The third-order valence-corrected chi connectivity index (χ3v) is 3.79. The van der Waals surface area contributed by atoms with E-state index in [4.69, 9.17) is 0 Å². The molecular weight excluding hydrogens is 244 g/mol. The first-order valence-electron chi connectivity index (χ1n) is 6.80. The zero-order chi connectivity index (χ0) is 13.7. The average Bonchev–Trinajstić information content (AvgIpc) is 2.80. The Labute approximate surface area is 112 Å². The summed E-state index contributed by atoms with van der Waals surface area (Å²) in [5, 5.41) is 12.4. The number of hydrogen-bond acceptors (Lipinski definition) is 3. The van der Waals surface area contributed by atoms with Gasteiger partial charge in [0.25, 0.3) is 5.91 Å². The van der Waals surface area contributed by atoms with Crippen molar-refractivity contribution in [2.45, 2.75) is 38.1 Å². The van der Waals surface area contributed by atoms with Crippen molar-refractivity contribution in [3.8, 4) is 0 Å². The molecule has 5 nitrogen and oxygen atoms in total. The second-order valence-corrected chi connectivity index (χ2v) is 5.11. The van der Waals surface area contributed by atoms with Gasteiger partial charge in [-0.2, -0.15) is 0 Å². The van der Waals surface area contributed by atoms with Gasteiger partial charge in [-0.25, -0.2) is 0 Å². The molecule has 1 saturated carbocycles. The minimum Gasteiger partial charge on any atom is -0.396 e. The third kappa shape index (κ3) is 3.44. The molecule has 0 saturated heterocycles. The van der Waals surface area contributed by atoms with Crippen molar-refractivity contribution in [1.82, 2.24) is 10.3 Å². The van der Waals surface area contributed by atoms with E-state index in [1.165, 1.54) is 0 Å². The van der Waals surface area contributed by atoms with Gasteiger partial charge in [-0.05, 0) is 25.0 Å². The second-order valence-electron chi connectivity index (χ2n) is 5.11. The molecule has 19 heavy (non-hydrogen) atoms. The first-order valence-corrected chi connectivity index (χ1v) is 6.80. The van der Waals surface area contributed by atoms with Crippen molar-refractivity contribution in [3.63, 3.8) is 0 Å². The normalized spacial score (nSPS) is 23.6. The fraction of sp³-hybridized carbons (Fsp3) is 0.571. The molecule has 0 bridgehead atoms. The Kier molecular flexibility index (Phi) is 4.74. The molecule has 1 amide bonds. The van der Waals surface area contributed by atoms with Crippen LogP contribution < -0.4 is 5.32 Å². The predicted octanol–water partition coefficient (Wildman–Crippen LogP) is 1.50. The maximum absolute atomic E-state index is 12.1. The highest BCUT2D eigenvalue weighted by Gasteiger charge is 2.25. The topological polar surface area (TPSA) is 82.2 Å².